The normalized spacial score (nSPS) is 15.7. The Kier molecular flexibility index (Phi) is 8.97. The summed E-state index contributed by atoms with van der Waals surface area (Å²) in [6, 6.07) is 5.94. The molecule has 1 aliphatic heterocycles. The molecular formula is C23H35N5O2S. The summed E-state index contributed by atoms with van der Waals surface area (Å²) in [5.41, 5.74) is 2.33. The summed E-state index contributed by atoms with van der Waals surface area (Å²) in [5.74, 6) is 2.96. The van der Waals surface area contributed by atoms with Crippen LogP contribution in [0.1, 0.15) is 36.0 Å². The van der Waals surface area contributed by atoms with Crippen LogP contribution >= 0.6 is 11.3 Å². The number of benzene rings is 1. The molecule has 0 bridgehead atoms. The number of aryl methyl sites for hydroxylation is 1. The van der Waals surface area contributed by atoms with Crippen LogP contribution in [0.3, 0.4) is 0 Å². The smallest absolute Gasteiger partial charge is 0.191 e. The first kappa shape index (κ1) is 23.3. The van der Waals surface area contributed by atoms with Crippen molar-refractivity contribution in [3.63, 3.8) is 0 Å². The molecule has 2 heterocycles. The molecule has 1 saturated heterocycles. The average molecular weight is 446 g/mol. The lowest BCUT2D eigenvalue weighted by atomic mass is 9.97. The highest BCUT2D eigenvalue weighted by atomic mass is 32.1. The van der Waals surface area contributed by atoms with E-state index in [1.54, 1.807) is 25.6 Å². The van der Waals surface area contributed by atoms with Crippen LogP contribution in [0.4, 0.5) is 0 Å². The van der Waals surface area contributed by atoms with Crippen molar-refractivity contribution in [1.82, 2.24) is 20.5 Å². The van der Waals surface area contributed by atoms with Gasteiger partial charge in [0.15, 0.2) is 17.5 Å². The van der Waals surface area contributed by atoms with Gasteiger partial charge in [-0.05, 0) is 56.0 Å². The van der Waals surface area contributed by atoms with Gasteiger partial charge in [0.25, 0.3) is 0 Å². The number of ether oxygens (including phenoxy) is 2. The maximum absolute atomic E-state index is 5.38. The number of hydrogen-bond donors (Lipinski definition) is 2. The molecule has 0 amide bonds. The fraction of sp³-hybridized carbons (Fsp3) is 0.565. The largest absolute Gasteiger partial charge is 0.493 e. The fourth-order valence-electron chi connectivity index (χ4n) is 3.80. The SMILES string of the molecule is CCc1nc(CN2CCC(CNC(=NC)NCc3ccc(OC)c(OC)c3)CC2)cs1. The van der Waals surface area contributed by atoms with Gasteiger partial charge in [-0.25, -0.2) is 4.98 Å². The van der Waals surface area contributed by atoms with E-state index in [1.165, 1.54) is 23.5 Å². The fourth-order valence-corrected chi connectivity index (χ4v) is 4.54. The van der Waals surface area contributed by atoms with Gasteiger partial charge in [-0.2, -0.15) is 0 Å². The summed E-state index contributed by atoms with van der Waals surface area (Å²) in [7, 11) is 5.11. The van der Waals surface area contributed by atoms with Gasteiger partial charge < -0.3 is 20.1 Å². The maximum atomic E-state index is 5.38. The van der Waals surface area contributed by atoms with E-state index in [2.05, 4.69) is 32.8 Å². The number of methoxy groups -OCH3 is 2. The Bertz CT molecular complexity index is 846. The summed E-state index contributed by atoms with van der Waals surface area (Å²) in [6.45, 7) is 7.01. The molecule has 0 unspecified atom stereocenters. The molecule has 7 nitrogen and oxygen atoms in total. The molecule has 3 rings (SSSR count). The highest BCUT2D eigenvalue weighted by Crippen LogP contribution is 2.27. The Morgan fingerprint density at radius 3 is 2.61 bits per heavy atom. The minimum absolute atomic E-state index is 0.664. The first-order chi connectivity index (χ1) is 15.1. The molecule has 0 aliphatic carbocycles. The van der Waals surface area contributed by atoms with Crippen LogP contribution in [0.5, 0.6) is 11.5 Å². The van der Waals surface area contributed by atoms with Crippen molar-refractivity contribution in [3.05, 3.63) is 39.8 Å². The third kappa shape index (κ3) is 6.83. The van der Waals surface area contributed by atoms with Gasteiger partial charge >= 0.3 is 0 Å². The van der Waals surface area contributed by atoms with E-state index in [9.17, 15) is 0 Å². The van der Waals surface area contributed by atoms with Gasteiger partial charge in [0, 0.05) is 32.1 Å². The molecule has 0 saturated carbocycles. The molecule has 1 aliphatic rings. The molecule has 2 N–H and O–H groups in total. The van der Waals surface area contributed by atoms with E-state index < -0.39 is 0 Å². The van der Waals surface area contributed by atoms with Gasteiger partial charge in [-0.1, -0.05) is 13.0 Å². The van der Waals surface area contributed by atoms with Gasteiger partial charge in [0.1, 0.15) is 0 Å². The van der Waals surface area contributed by atoms with Crippen LogP contribution < -0.4 is 20.1 Å². The maximum Gasteiger partial charge on any atom is 0.191 e. The molecule has 8 heteroatoms. The van der Waals surface area contributed by atoms with Crippen molar-refractivity contribution < 1.29 is 9.47 Å². The Morgan fingerprint density at radius 2 is 1.97 bits per heavy atom. The first-order valence-electron chi connectivity index (χ1n) is 11.0. The molecular weight excluding hydrogens is 410 g/mol. The lowest BCUT2D eigenvalue weighted by molar-refractivity contribution is 0.176. The molecule has 1 aromatic heterocycles. The average Bonchev–Trinajstić information content (AvgIpc) is 3.27. The molecule has 0 atom stereocenters. The van der Waals surface area contributed by atoms with E-state index >= 15 is 0 Å². The molecule has 0 spiro atoms. The van der Waals surface area contributed by atoms with E-state index in [1.807, 2.05) is 25.2 Å². The van der Waals surface area contributed by atoms with E-state index in [4.69, 9.17) is 14.5 Å². The summed E-state index contributed by atoms with van der Waals surface area (Å²) >= 11 is 1.78. The third-order valence-electron chi connectivity index (χ3n) is 5.68. The second-order valence-corrected chi connectivity index (χ2v) is 8.74. The topological polar surface area (TPSA) is 71.0 Å². The quantitative estimate of drug-likeness (QED) is 0.456. The van der Waals surface area contributed by atoms with Crippen molar-refractivity contribution in [2.75, 3.05) is 40.9 Å². The number of thiazole rings is 1. The van der Waals surface area contributed by atoms with Crippen molar-refractivity contribution >= 4 is 17.3 Å². The van der Waals surface area contributed by atoms with Crippen LogP contribution in [0.15, 0.2) is 28.6 Å². The van der Waals surface area contributed by atoms with E-state index in [0.29, 0.717) is 12.5 Å². The third-order valence-corrected chi connectivity index (χ3v) is 6.73. The number of rotatable bonds is 9. The Hall–Kier alpha value is -2.32. The lowest BCUT2D eigenvalue weighted by Crippen LogP contribution is -2.42. The van der Waals surface area contributed by atoms with E-state index in [-0.39, 0.29) is 0 Å². The van der Waals surface area contributed by atoms with Crippen LogP contribution in [-0.2, 0) is 19.5 Å². The zero-order valence-corrected chi connectivity index (χ0v) is 19.9. The zero-order valence-electron chi connectivity index (χ0n) is 19.1. The van der Waals surface area contributed by atoms with Crippen LogP contribution in [0.2, 0.25) is 0 Å². The van der Waals surface area contributed by atoms with Gasteiger partial charge in [0.2, 0.25) is 0 Å². The highest BCUT2D eigenvalue weighted by molar-refractivity contribution is 7.09. The Morgan fingerprint density at radius 1 is 1.19 bits per heavy atom. The predicted molar refractivity (Wildman–Crippen MR) is 127 cm³/mol. The number of guanidine groups is 1. The Labute approximate surface area is 189 Å². The summed E-state index contributed by atoms with van der Waals surface area (Å²) in [6.07, 6.45) is 3.43. The molecule has 2 aromatic rings. The number of likely N-dealkylation sites (tertiary alicyclic amines) is 1. The molecule has 1 fully saturated rings. The molecule has 170 valence electrons. The standard InChI is InChI=1S/C23H35N5O2S/c1-5-22-27-19(16-31-22)15-28-10-8-17(9-11-28)13-25-23(24-2)26-14-18-6-7-20(29-3)21(12-18)30-4/h6-7,12,16-17H,5,8-11,13-15H2,1-4H3,(H2,24,25,26). The zero-order chi connectivity index (χ0) is 22.1. The number of aromatic nitrogens is 1. The minimum atomic E-state index is 0.664. The van der Waals surface area contributed by atoms with Crippen LogP contribution in [0.25, 0.3) is 0 Å². The predicted octanol–water partition coefficient (Wildman–Crippen LogP) is 3.30. The van der Waals surface area contributed by atoms with Crippen molar-refractivity contribution in [2.45, 2.75) is 39.3 Å². The number of hydrogen-bond acceptors (Lipinski definition) is 6. The minimum Gasteiger partial charge on any atom is -0.493 e. The number of aliphatic imine (C=N–C) groups is 1. The number of piperidine rings is 1. The molecule has 31 heavy (non-hydrogen) atoms. The lowest BCUT2D eigenvalue weighted by Gasteiger charge is -2.31. The van der Waals surface area contributed by atoms with Crippen LogP contribution in [0, 0.1) is 5.92 Å². The van der Waals surface area contributed by atoms with Gasteiger partial charge in [0.05, 0.1) is 24.9 Å². The second-order valence-electron chi connectivity index (χ2n) is 7.80. The van der Waals surface area contributed by atoms with Gasteiger partial charge in [-0.15, -0.1) is 11.3 Å². The first-order valence-corrected chi connectivity index (χ1v) is 11.8. The van der Waals surface area contributed by atoms with E-state index in [0.717, 1.165) is 55.6 Å². The monoisotopic (exact) mass is 445 g/mol. The number of nitrogens with one attached hydrogen (secondary N) is 2. The summed E-state index contributed by atoms with van der Waals surface area (Å²) in [4.78, 5) is 11.6. The van der Waals surface area contributed by atoms with Crippen molar-refractivity contribution in [1.29, 1.82) is 0 Å². The summed E-state index contributed by atoms with van der Waals surface area (Å²) < 4.78 is 10.7. The molecule has 1 aromatic carbocycles. The summed E-state index contributed by atoms with van der Waals surface area (Å²) in [5, 5.41) is 10.3. The Balaban J connectivity index is 1.39. The van der Waals surface area contributed by atoms with Crippen molar-refractivity contribution in [3.8, 4) is 11.5 Å². The van der Waals surface area contributed by atoms with Crippen molar-refractivity contribution in [2.24, 2.45) is 10.9 Å². The van der Waals surface area contributed by atoms with Gasteiger partial charge in [-0.3, -0.25) is 9.89 Å². The second kappa shape index (κ2) is 11.9. The highest BCUT2D eigenvalue weighted by Gasteiger charge is 2.20. The van der Waals surface area contributed by atoms with Crippen LogP contribution in [-0.4, -0.2) is 56.7 Å². The number of nitrogens with zero attached hydrogens (tertiary/aromatic N) is 3. The molecule has 0 radical (unpaired) electrons.